The average molecular weight is 269 g/mol. The van der Waals surface area contributed by atoms with Crippen molar-refractivity contribution >= 4 is 11.3 Å². The summed E-state index contributed by atoms with van der Waals surface area (Å²) in [5.74, 6) is 0. The molecular weight excluding hydrogens is 246 g/mol. The zero-order valence-electron chi connectivity index (χ0n) is 11.3. The zero-order valence-corrected chi connectivity index (χ0v) is 12.2. The second kappa shape index (κ2) is 5.70. The molecule has 1 aromatic rings. The Morgan fingerprint density at radius 2 is 2.28 bits per heavy atom. The fraction of sp³-hybridized carbons (Fsp3) is 0.714. The van der Waals surface area contributed by atoms with Gasteiger partial charge < -0.3 is 15.2 Å². The van der Waals surface area contributed by atoms with Gasteiger partial charge in [0.15, 0.2) is 0 Å². The van der Waals surface area contributed by atoms with E-state index in [1.807, 2.05) is 23.8 Å². The third-order valence-electron chi connectivity index (χ3n) is 3.44. The number of ether oxygens (including phenoxy) is 1. The molecule has 1 aliphatic carbocycles. The van der Waals surface area contributed by atoms with Crippen molar-refractivity contribution in [3.63, 3.8) is 0 Å². The van der Waals surface area contributed by atoms with Crippen LogP contribution in [0, 0.1) is 0 Å². The van der Waals surface area contributed by atoms with Crippen molar-refractivity contribution in [1.29, 1.82) is 0 Å². The normalized spacial score (nSPS) is 26.9. The summed E-state index contributed by atoms with van der Waals surface area (Å²) in [5.41, 5.74) is 0.221. The first-order valence-electron chi connectivity index (χ1n) is 6.61. The van der Waals surface area contributed by atoms with Crippen LogP contribution < -0.4 is 5.32 Å². The highest BCUT2D eigenvalue weighted by Crippen LogP contribution is 2.27. The molecule has 4 heteroatoms. The minimum Gasteiger partial charge on any atom is -0.384 e. The summed E-state index contributed by atoms with van der Waals surface area (Å²) >= 11 is 1.62. The predicted octanol–water partition coefficient (Wildman–Crippen LogP) is 2.50. The minimum atomic E-state index is -0.774. The van der Waals surface area contributed by atoms with Gasteiger partial charge >= 0.3 is 0 Å². The maximum atomic E-state index is 10.4. The molecule has 0 bridgehead atoms. The monoisotopic (exact) mass is 269 g/mol. The van der Waals surface area contributed by atoms with Gasteiger partial charge in [-0.25, -0.2) is 0 Å². The molecule has 2 N–H and O–H groups in total. The molecule has 102 valence electrons. The molecule has 1 fully saturated rings. The van der Waals surface area contributed by atoms with E-state index in [0.717, 1.165) is 18.4 Å². The first-order valence-corrected chi connectivity index (χ1v) is 7.55. The fourth-order valence-corrected chi connectivity index (χ4v) is 3.03. The molecule has 1 heterocycles. The van der Waals surface area contributed by atoms with Crippen LogP contribution in [-0.2, 0) is 10.3 Å². The molecular formula is C14H23NO2S. The predicted molar refractivity (Wildman–Crippen MR) is 74.9 cm³/mol. The second-order valence-electron chi connectivity index (χ2n) is 5.64. The molecule has 1 saturated carbocycles. The third-order valence-corrected chi connectivity index (χ3v) is 4.12. The van der Waals surface area contributed by atoms with Crippen LogP contribution in [0.1, 0.15) is 39.2 Å². The summed E-state index contributed by atoms with van der Waals surface area (Å²) in [6.45, 7) is 6.61. The van der Waals surface area contributed by atoms with E-state index in [2.05, 4.69) is 19.2 Å². The van der Waals surface area contributed by atoms with Gasteiger partial charge in [-0.1, -0.05) is 0 Å². The molecule has 3 nitrogen and oxygen atoms in total. The molecule has 0 radical (unpaired) electrons. The molecule has 1 aliphatic rings. The number of hydrogen-bond acceptors (Lipinski definition) is 4. The second-order valence-corrected chi connectivity index (χ2v) is 6.42. The SMILES string of the molecule is CC(C)OC1CC(NCC(C)(O)c2ccsc2)C1. The lowest BCUT2D eigenvalue weighted by Gasteiger charge is -2.38. The van der Waals surface area contributed by atoms with Gasteiger partial charge in [-0.3, -0.25) is 0 Å². The van der Waals surface area contributed by atoms with Crippen LogP contribution in [-0.4, -0.2) is 29.9 Å². The van der Waals surface area contributed by atoms with Gasteiger partial charge in [0.25, 0.3) is 0 Å². The van der Waals surface area contributed by atoms with Crippen molar-refractivity contribution in [2.24, 2.45) is 0 Å². The molecule has 0 amide bonds. The minimum absolute atomic E-state index is 0.310. The zero-order chi connectivity index (χ0) is 13.2. The lowest BCUT2D eigenvalue weighted by Crippen LogP contribution is -2.50. The third kappa shape index (κ3) is 3.54. The van der Waals surface area contributed by atoms with E-state index in [0.29, 0.717) is 24.8 Å². The van der Waals surface area contributed by atoms with Crippen LogP contribution in [0.25, 0.3) is 0 Å². The van der Waals surface area contributed by atoms with E-state index in [1.165, 1.54) is 0 Å². The Morgan fingerprint density at radius 1 is 1.56 bits per heavy atom. The molecule has 1 aromatic heterocycles. The van der Waals surface area contributed by atoms with Gasteiger partial charge in [0.1, 0.15) is 0 Å². The molecule has 2 rings (SSSR count). The summed E-state index contributed by atoms with van der Waals surface area (Å²) in [5, 5.41) is 17.8. The molecule has 0 aromatic carbocycles. The lowest BCUT2D eigenvalue weighted by atomic mass is 9.88. The van der Waals surface area contributed by atoms with Crippen LogP contribution >= 0.6 is 11.3 Å². The number of thiophene rings is 1. The highest BCUT2D eigenvalue weighted by molar-refractivity contribution is 7.08. The highest BCUT2D eigenvalue weighted by atomic mass is 32.1. The van der Waals surface area contributed by atoms with Gasteiger partial charge in [0.05, 0.1) is 17.8 Å². The molecule has 18 heavy (non-hydrogen) atoms. The van der Waals surface area contributed by atoms with E-state index in [1.54, 1.807) is 11.3 Å². The van der Waals surface area contributed by atoms with Crippen LogP contribution in [0.5, 0.6) is 0 Å². The van der Waals surface area contributed by atoms with E-state index in [-0.39, 0.29) is 0 Å². The summed E-state index contributed by atoms with van der Waals surface area (Å²) in [7, 11) is 0. The Hall–Kier alpha value is -0.420. The topological polar surface area (TPSA) is 41.5 Å². The maximum Gasteiger partial charge on any atom is 0.1000 e. The van der Waals surface area contributed by atoms with Crippen molar-refractivity contribution < 1.29 is 9.84 Å². The van der Waals surface area contributed by atoms with Gasteiger partial charge in [0.2, 0.25) is 0 Å². The first-order chi connectivity index (χ1) is 8.47. The number of hydrogen-bond donors (Lipinski definition) is 2. The molecule has 0 spiro atoms. The van der Waals surface area contributed by atoms with Crippen LogP contribution in [0.2, 0.25) is 0 Å². The van der Waals surface area contributed by atoms with Crippen molar-refractivity contribution in [3.8, 4) is 0 Å². The van der Waals surface area contributed by atoms with Crippen LogP contribution in [0.4, 0.5) is 0 Å². The first kappa shape index (κ1) is 14.0. The van der Waals surface area contributed by atoms with E-state index < -0.39 is 5.60 Å². The van der Waals surface area contributed by atoms with Crippen molar-refractivity contribution in [2.45, 2.75) is 57.5 Å². The van der Waals surface area contributed by atoms with Crippen LogP contribution in [0.15, 0.2) is 16.8 Å². The number of rotatable bonds is 6. The Morgan fingerprint density at radius 3 is 2.83 bits per heavy atom. The number of aliphatic hydroxyl groups is 1. The Balaban J connectivity index is 1.71. The van der Waals surface area contributed by atoms with Crippen LogP contribution in [0.3, 0.4) is 0 Å². The Labute approximate surface area is 113 Å². The summed E-state index contributed by atoms with van der Waals surface area (Å²) in [6.07, 6.45) is 2.81. The number of nitrogens with one attached hydrogen (secondary N) is 1. The quantitative estimate of drug-likeness (QED) is 0.834. The average Bonchev–Trinajstić information content (AvgIpc) is 2.74. The van der Waals surface area contributed by atoms with E-state index in [4.69, 9.17) is 4.74 Å². The molecule has 1 unspecified atom stereocenters. The largest absolute Gasteiger partial charge is 0.384 e. The van der Waals surface area contributed by atoms with Gasteiger partial charge in [-0.05, 0) is 56.0 Å². The van der Waals surface area contributed by atoms with Gasteiger partial charge in [-0.15, -0.1) is 0 Å². The van der Waals surface area contributed by atoms with Crippen molar-refractivity contribution in [2.75, 3.05) is 6.54 Å². The smallest absolute Gasteiger partial charge is 0.1000 e. The van der Waals surface area contributed by atoms with E-state index >= 15 is 0 Å². The van der Waals surface area contributed by atoms with E-state index in [9.17, 15) is 5.11 Å². The lowest BCUT2D eigenvalue weighted by molar-refractivity contribution is -0.0542. The van der Waals surface area contributed by atoms with Gasteiger partial charge in [-0.2, -0.15) is 11.3 Å². The van der Waals surface area contributed by atoms with Crippen molar-refractivity contribution in [3.05, 3.63) is 22.4 Å². The summed E-state index contributed by atoms with van der Waals surface area (Å²) < 4.78 is 5.72. The van der Waals surface area contributed by atoms with Crippen molar-refractivity contribution in [1.82, 2.24) is 5.32 Å². The highest BCUT2D eigenvalue weighted by Gasteiger charge is 2.32. The fourth-order valence-electron chi connectivity index (χ4n) is 2.24. The molecule has 0 aliphatic heterocycles. The maximum absolute atomic E-state index is 10.4. The molecule has 0 saturated heterocycles. The Kier molecular flexibility index (Phi) is 4.43. The summed E-state index contributed by atoms with van der Waals surface area (Å²) in [6, 6.07) is 2.47. The molecule has 1 atom stereocenters. The Bertz CT molecular complexity index is 356. The standard InChI is InChI=1S/C14H23NO2S/c1-10(2)17-13-6-12(7-13)15-9-14(3,16)11-4-5-18-8-11/h4-5,8,10,12-13,15-16H,6-7,9H2,1-3H3. The van der Waals surface area contributed by atoms with Gasteiger partial charge in [0, 0.05) is 12.6 Å². The summed E-state index contributed by atoms with van der Waals surface area (Å²) in [4.78, 5) is 0.